The molecule has 0 bridgehead atoms. The van der Waals surface area contributed by atoms with Crippen LogP contribution in [-0.2, 0) is 16.4 Å². The third kappa shape index (κ3) is 3.94. The summed E-state index contributed by atoms with van der Waals surface area (Å²) in [6.45, 7) is 0.0886. The Labute approximate surface area is 177 Å². The fourth-order valence-corrected chi connectivity index (χ4v) is 4.75. The van der Waals surface area contributed by atoms with Crippen LogP contribution in [0, 0.1) is 11.6 Å². The summed E-state index contributed by atoms with van der Waals surface area (Å²) in [5, 5.41) is -0.0778. The number of fused-ring (bicyclic) bond motifs is 1. The first-order chi connectivity index (χ1) is 14.8. The van der Waals surface area contributed by atoms with Crippen molar-refractivity contribution < 1.29 is 21.9 Å². The van der Waals surface area contributed by atoms with Gasteiger partial charge in [0.05, 0.1) is 17.5 Å². The fraction of sp³-hybridized carbons (Fsp3) is 0.0870. The molecule has 31 heavy (non-hydrogen) atoms. The number of aromatic nitrogens is 1. The predicted molar refractivity (Wildman–Crippen MR) is 112 cm³/mol. The monoisotopic (exact) mass is 441 g/mol. The van der Waals surface area contributed by atoms with Crippen molar-refractivity contribution in [2.75, 3.05) is 7.11 Å². The average Bonchev–Trinajstić information content (AvgIpc) is 2.75. The van der Waals surface area contributed by atoms with Crippen LogP contribution >= 0.6 is 0 Å². The van der Waals surface area contributed by atoms with Gasteiger partial charge in [-0.3, -0.25) is 4.79 Å². The van der Waals surface area contributed by atoms with Gasteiger partial charge in [0.25, 0.3) is 0 Å². The first kappa shape index (κ1) is 20.7. The van der Waals surface area contributed by atoms with Gasteiger partial charge in [-0.25, -0.2) is 17.2 Å². The molecule has 0 aliphatic carbocycles. The lowest BCUT2D eigenvalue weighted by molar-refractivity contribution is 0.414. The zero-order valence-electron chi connectivity index (χ0n) is 16.4. The molecule has 0 aliphatic rings. The van der Waals surface area contributed by atoms with Gasteiger partial charge in [-0.2, -0.15) is 0 Å². The van der Waals surface area contributed by atoms with E-state index in [0.29, 0.717) is 16.8 Å². The van der Waals surface area contributed by atoms with Gasteiger partial charge in [-0.15, -0.1) is 0 Å². The van der Waals surface area contributed by atoms with E-state index in [1.54, 1.807) is 6.07 Å². The van der Waals surface area contributed by atoms with Crippen molar-refractivity contribution in [3.05, 3.63) is 100 Å². The van der Waals surface area contributed by atoms with Gasteiger partial charge in [0.15, 0.2) is 0 Å². The number of sulfone groups is 1. The molecule has 5 nitrogen and oxygen atoms in total. The topological polar surface area (TPSA) is 65.4 Å². The number of benzene rings is 3. The molecule has 4 rings (SSSR count). The van der Waals surface area contributed by atoms with Gasteiger partial charge in [0, 0.05) is 18.1 Å². The van der Waals surface area contributed by atoms with E-state index in [9.17, 15) is 22.0 Å². The molecule has 0 N–H and O–H groups in total. The maximum Gasteiger partial charge on any atom is 0.211 e. The number of methoxy groups -OCH3 is 1. The third-order valence-electron chi connectivity index (χ3n) is 4.91. The normalized spacial score (nSPS) is 11.6. The van der Waals surface area contributed by atoms with Gasteiger partial charge >= 0.3 is 0 Å². The van der Waals surface area contributed by atoms with E-state index in [-0.39, 0.29) is 16.8 Å². The molecule has 158 valence electrons. The maximum absolute atomic E-state index is 13.9. The molecule has 1 aromatic heterocycles. The van der Waals surface area contributed by atoms with Crippen LogP contribution in [0.2, 0.25) is 0 Å². The quantitative estimate of drug-likeness (QED) is 0.466. The first-order valence-electron chi connectivity index (χ1n) is 9.26. The van der Waals surface area contributed by atoms with Crippen molar-refractivity contribution >= 4 is 20.7 Å². The smallest absolute Gasteiger partial charge is 0.211 e. The van der Waals surface area contributed by atoms with Crippen LogP contribution in [0.25, 0.3) is 10.9 Å². The minimum Gasteiger partial charge on any atom is -0.497 e. The maximum atomic E-state index is 13.9. The van der Waals surface area contributed by atoms with E-state index >= 15 is 0 Å². The van der Waals surface area contributed by atoms with Crippen molar-refractivity contribution in [3.63, 3.8) is 0 Å². The van der Waals surface area contributed by atoms with Gasteiger partial charge in [0.1, 0.15) is 22.3 Å². The van der Waals surface area contributed by atoms with Crippen molar-refractivity contribution in [1.82, 2.24) is 4.57 Å². The molecule has 0 saturated heterocycles. The molecular weight excluding hydrogens is 424 g/mol. The van der Waals surface area contributed by atoms with Crippen LogP contribution in [0.1, 0.15) is 5.56 Å². The van der Waals surface area contributed by atoms with Gasteiger partial charge in [0.2, 0.25) is 15.3 Å². The molecule has 8 heteroatoms. The van der Waals surface area contributed by atoms with Crippen molar-refractivity contribution in [2.45, 2.75) is 16.3 Å². The molecule has 0 fully saturated rings. The van der Waals surface area contributed by atoms with Crippen LogP contribution < -0.4 is 10.2 Å². The molecule has 0 unspecified atom stereocenters. The van der Waals surface area contributed by atoms with Crippen LogP contribution in [0.3, 0.4) is 0 Å². The highest BCUT2D eigenvalue weighted by Crippen LogP contribution is 2.24. The van der Waals surface area contributed by atoms with Gasteiger partial charge in [-0.1, -0.05) is 12.1 Å². The van der Waals surface area contributed by atoms with Crippen LogP contribution in [0.15, 0.2) is 87.5 Å². The van der Waals surface area contributed by atoms with Crippen LogP contribution in [-0.4, -0.2) is 20.1 Å². The summed E-state index contributed by atoms with van der Waals surface area (Å²) in [6.07, 6.45) is 1.22. The molecular formula is C23H17F2NO4S. The lowest BCUT2D eigenvalue weighted by Gasteiger charge is -2.14. The molecule has 0 radical (unpaired) electrons. The molecule has 0 aliphatic heterocycles. The van der Waals surface area contributed by atoms with E-state index in [0.717, 1.165) is 6.07 Å². The zero-order valence-corrected chi connectivity index (χ0v) is 17.2. The van der Waals surface area contributed by atoms with Crippen molar-refractivity contribution in [2.24, 2.45) is 0 Å². The average molecular weight is 441 g/mol. The molecule has 4 aromatic rings. The Bertz CT molecular complexity index is 1450. The summed E-state index contributed by atoms with van der Waals surface area (Å²) in [5.74, 6) is -0.649. The molecule has 3 aromatic carbocycles. The van der Waals surface area contributed by atoms with Crippen LogP contribution in [0.4, 0.5) is 8.78 Å². The Balaban J connectivity index is 1.94. The summed E-state index contributed by atoms with van der Waals surface area (Å²) in [4.78, 5) is 12.4. The number of rotatable bonds is 5. The van der Waals surface area contributed by atoms with Crippen molar-refractivity contribution in [3.8, 4) is 5.75 Å². The lowest BCUT2D eigenvalue weighted by Crippen LogP contribution is -2.20. The van der Waals surface area contributed by atoms with Gasteiger partial charge in [-0.05, 0) is 60.2 Å². The Hall–Kier alpha value is -3.52. The standard InChI is InChI=1S/C23H17F2NO4S/c1-30-18-6-8-19(9-7-18)31(28,29)22-14-26(13-15-3-2-4-16(24)11-15)21-10-5-17(25)12-20(21)23(22)27/h2-12,14H,13H2,1H3. The SMILES string of the molecule is COc1ccc(S(=O)(=O)c2cn(Cc3cccc(F)c3)c3ccc(F)cc3c2=O)cc1. The highest BCUT2D eigenvalue weighted by molar-refractivity contribution is 7.91. The first-order valence-corrected chi connectivity index (χ1v) is 10.7. The number of nitrogens with zero attached hydrogens (tertiary/aromatic N) is 1. The summed E-state index contributed by atoms with van der Waals surface area (Å²) in [6, 6.07) is 15.0. The zero-order chi connectivity index (χ0) is 22.2. The second-order valence-corrected chi connectivity index (χ2v) is 8.84. The summed E-state index contributed by atoms with van der Waals surface area (Å²) in [5.41, 5.74) is 0.0900. The molecule has 0 atom stereocenters. The number of halogens is 2. The number of ether oxygens (including phenoxy) is 1. The van der Waals surface area contributed by atoms with E-state index in [2.05, 4.69) is 0 Å². The van der Waals surface area contributed by atoms with E-state index in [1.807, 2.05) is 0 Å². The predicted octanol–water partition coefficient (Wildman–Crippen LogP) is 4.17. The Morgan fingerprint density at radius 3 is 2.32 bits per heavy atom. The van der Waals surface area contributed by atoms with Gasteiger partial charge < -0.3 is 9.30 Å². The highest BCUT2D eigenvalue weighted by Gasteiger charge is 2.24. The summed E-state index contributed by atoms with van der Waals surface area (Å²) in [7, 11) is -2.76. The Morgan fingerprint density at radius 2 is 1.65 bits per heavy atom. The van der Waals surface area contributed by atoms with E-state index in [4.69, 9.17) is 4.74 Å². The minimum atomic E-state index is -4.21. The minimum absolute atomic E-state index is 0.0778. The lowest BCUT2D eigenvalue weighted by atomic mass is 10.1. The molecule has 0 spiro atoms. The second-order valence-electron chi connectivity index (χ2n) is 6.92. The van der Waals surface area contributed by atoms with Crippen LogP contribution in [0.5, 0.6) is 5.75 Å². The molecule has 0 amide bonds. The van der Waals surface area contributed by atoms with E-state index < -0.39 is 31.8 Å². The Kier molecular flexibility index (Phi) is 5.32. The van der Waals surface area contributed by atoms with E-state index in [1.165, 1.54) is 72.5 Å². The summed E-state index contributed by atoms with van der Waals surface area (Å²) >= 11 is 0. The molecule has 0 saturated carbocycles. The highest BCUT2D eigenvalue weighted by atomic mass is 32.2. The van der Waals surface area contributed by atoms with Crippen molar-refractivity contribution in [1.29, 1.82) is 0 Å². The largest absolute Gasteiger partial charge is 0.497 e. The fourth-order valence-electron chi connectivity index (χ4n) is 3.38. The number of hydrogen-bond donors (Lipinski definition) is 0. The number of pyridine rings is 1. The third-order valence-corrected chi connectivity index (χ3v) is 6.67. The second kappa shape index (κ2) is 7.96. The Morgan fingerprint density at radius 1 is 0.935 bits per heavy atom. The molecule has 1 heterocycles. The summed E-state index contributed by atoms with van der Waals surface area (Å²) < 4.78 is 60.6. The number of hydrogen-bond acceptors (Lipinski definition) is 4.